The number of amides is 1. The van der Waals surface area contributed by atoms with E-state index >= 15 is 0 Å². The number of nitrogens with one attached hydrogen (secondary N) is 1. The standard InChI is InChI=1S/C26H29N3O2S2/c1-3-28-12-6-8-18(28)16-27-26(31)25-20-15-24(23-11-7-13-32-23)33-22-10-5-4-9-19(22)29(20)17(2)14-21(25)30/h4-5,7,9-11,13-14,18,24H,3,6,8,12,15-16H2,1-2H3,(H,27,31)/t18-,24-/m0/s1. The van der Waals surface area contributed by atoms with E-state index in [1.165, 1.54) is 4.88 Å². The summed E-state index contributed by atoms with van der Waals surface area (Å²) in [7, 11) is 0. The first-order valence-corrected chi connectivity index (χ1v) is 13.4. The molecule has 5 nitrogen and oxygen atoms in total. The number of hydrogen-bond acceptors (Lipinski definition) is 5. The third-order valence-corrected chi connectivity index (χ3v) is 9.18. The van der Waals surface area contributed by atoms with Crippen LogP contribution in [0.3, 0.4) is 0 Å². The number of benzene rings is 1. The molecule has 0 radical (unpaired) electrons. The molecule has 1 N–H and O–H groups in total. The molecular weight excluding hydrogens is 450 g/mol. The van der Waals surface area contributed by atoms with Gasteiger partial charge in [-0.3, -0.25) is 14.5 Å². The van der Waals surface area contributed by atoms with E-state index in [-0.39, 0.29) is 16.6 Å². The van der Waals surface area contributed by atoms with Gasteiger partial charge in [-0.25, -0.2) is 0 Å². The van der Waals surface area contributed by atoms with Crippen molar-refractivity contribution < 1.29 is 4.79 Å². The van der Waals surface area contributed by atoms with Gasteiger partial charge in [0.05, 0.1) is 5.69 Å². The molecule has 1 saturated heterocycles. The molecule has 0 spiro atoms. The summed E-state index contributed by atoms with van der Waals surface area (Å²) in [4.78, 5) is 31.5. The van der Waals surface area contributed by atoms with Crippen LogP contribution in [-0.2, 0) is 6.42 Å². The van der Waals surface area contributed by atoms with E-state index < -0.39 is 0 Å². The molecule has 0 unspecified atom stereocenters. The minimum Gasteiger partial charge on any atom is -0.350 e. The van der Waals surface area contributed by atoms with Gasteiger partial charge in [-0.15, -0.1) is 23.1 Å². The van der Waals surface area contributed by atoms with Crippen LogP contribution in [0.2, 0.25) is 0 Å². The van der Waals surface area contributed by atoms with Crippen LogP contribution in [-0.4, -0.2) is 41.1 Å². The van der Waals surface area contributed by atoms with E-state index in [1.54, 1.807) is 17.4 Å². The summed E-state index contributed by atoms with van der Waals surface area (Å²) < 4.78 is 2.13. The van der Waals surface area contributed by atoms with E-state index in [4.69, 9.17) is 0 Å². The number of hydrogen-bond donors (Lipinski definition) is 1. The molecular formula is C26H29N3O2S2. The maximum atomic E-state index is 13.5. The Bertz CT molecular complexity index is 1220. The highest BCUT2D eigenvalue weighted by Gasteiger charge is 2.30. The normalized spacial score (nSPS) is 20.2. The number of likely N-dealkylation sites (N-methyl/N-ethyl adjacent to an activating group) is 1. The molecule has 1 aromatic carbocycles. The van der Waals surface area contributed by atoms with Gasteiger partial charge < -0.3 is 9.88 Å². The Kier molecular flexibility index (Phi) is 6.45. The van der Waals surface area contributed by atoms with Gasteiger partial charge in [0.25, 0.3) is 5.91 Å². The van der Waals surface area contributed by atoms with Gasteiger partial charge in [0.2, 0.25) is 0 Å². The van der Waals surface area contributed by atoms with Gasteiger partial charge >= 0.3 is 0 Å². The lowest BCUT2D eigenvalue weighted by Gasteiger charge is -2.24. The van der Waals surface area contributed by atoms with Crippen LogP contribution >= 0.6 is 23.1 Å². The first-order valence-electron chi connectivity index (χ1n) is 11.6. The van der Waals surface area contributed by atoms with Crippen molar-refractivity contribution in [1.82, 2.24) is 14.8 Å². The number of fused-ring (bicyclic) bond motifs is 3. The largest absolute Gasteiger partial charge is 0.350 e. The van der Waals surface area contributed by atoms with Crippen LogP contribution in [0.15, 0.2) is 57.5 Å². The van der Waals surface area contributed by atoms with Crippen molar-refractivity contribution in [3.8, 4) is 5.69 Å². The van der Waals surface area contributed by atoms with Crippen molar-refractivity contribution in [2.24, 2.45) is 0 Å². The van der Waals surface area contributed by atoms with Gasteiger partial charge in [-0.05, 0) is 56.4 Å². The molecule has 0 bridgehead atoms. The molecule has 7 heteroatoms. The minimum atomic E-state index is -0.249. The quantitative estimate of drug-likeness (QED) is 0.571. The number of pyridine rings is 1. The van der Waals surface area contributed by atoms with Gasteiger partial charge in [0.15, 0.2) is 5.43 Å². The van der Waals surface area contributed by atoms with E-state index in [1.807, 2.05) is 24.8 Å². The predicted molar refractivity (Wildman–Crippen MR) is 136 cm³/mol. The number of rotatable bonds is 5. The maximum Gasteiger partial charge on any atom is 0.257 e. The number of nitrogens with zero attached hydrogens (tertiary/aromatic N) is 2. The van der Waals surface area contributed by atoms with Crippen LogP contribution in [0.4, 0.5) is 0 Å². The van der Waals surface area contributed by atoms with Crippen LogP contribution in [0.25, 0.3) is 5.69 Å². The molecule has 1 fully saturated rings. The average molecular weight is 480 g/mol. The third kappa shape index (κ3) is 4.29. The van der Waals surface area contributed by atoms with Gasteiger partial charge in [0.1, 0.15) is 5.56 Å². The second kappa shape index (κ2) is 9.49. The maximum absolute atomic E-state index is 13.5. The Balaban J connectivity index is 1.57. The van der Waals surface area contributed by atoms with Gasteiger partial charge in [0, 0.05) is 51.5 Å². The fourth-order valence-corrected chi connectivity index (χ4v) is 7.35. The van der Waals surface area contributed by atoms with Crippen molar-refractivity contribution in [3.05, 3.63) is 79.9 Å². The lowest BCUT2D eigenvalue weighted by Crippen LogP contribution is -2.41. The fraction of sp³-hybridized carbons (Fsp3) is 0.385. The molecule has 172 valence electrons. The average Bonchev–Trinajstić information content (AvgIpc) is 3.47. The zero-order valence-electron chi connectivity index (χ0n) is 19.0. The summed E-state index contributed by atoms with van der Waals surface area (Å²) in [6.45, 7) is 6.76. The fourth-order valence-electron chi connectivity index (χ4n) is 5.15. The number of carbonyl (C=O) groups excluding carboxylic acids is 1. The summed E-state index contributed by atoms with van der Waals surface area (Å²) in [5, 5.41) is 5.35. The molecule has 0 saturated carbocycles. The number of carbonyl (C=O) groups is 1. The molecule has 2 aliphatic rings. The van der Waals surface area contributed by atoms with E-state index in [2.05, 4.69) is 57.4 Å². The van der Waals surface area contributed by atoms with Gasteiger partial charge in [-0.2, -0.15) is 0 Å². The highest BCUT2D eigenvalue weighted by Crippen LogP contribution is 2.45. The Morgan fingerprint density at radius 3 is 2.85 bits per heavy atom. The number of para-hydroxylation sites is 1. The smallest absolute Gasteiger partial charge is 0.257 e. The number of aromatic nitrogens is 1. The van der Waals surface area contributed by atoms with Crippen molar-refractivity contribution in [3.63, 3.8) is 0 Å². The Labute approximate surface area is 202 Å². The van der Waals surface area contributed by atoms with Crippen molar-refractivity contribution in [2.75, 3.05) is 19.6 Å². The Hall–Kier alpha value is -2.35. The zero-order chi connectivity index (χ0) is 22.9. The molecule has 2 atom stereocenters. The van der Waals surface area contributed by atoms with E-state index in [9.17, 15) is 9.59 Å². The van der Waals surface area contributed by atoms with Crippen molar-refractivity contribution >= 4 is 29.0 Å². The van der Waals surface area contributed by atoms with Crippen LogP contribution < -0.4 is 10.7 Å². The molecule has 5 rings (SSSR count). The minimum absolute atomic E-state index is 0.151. The molecule has 1 amide bonds. The van der Waals surface area contributed by atoms with Crippen LogP contribution in [0, 0.1) is 6.92 Å². The number of aryl methyl sites for hydroxylation is 1. The highest BCUT2D eigenvalue weighted by molar-refractivity contribution is 7.99. The van der Waals surface area contributed by atoms with Crippen molar-refractivity contribution in [1.29, 1.82) is 0 Å². The summed E-state index contributed by atoms with van der Waals surface area (Å²) in [6.07, 6.45) is 2.88. The van der Waals surface area contributed by atoms with Crippen LogP contribution in [0.5, 0.6) is 0 Å². The third-order valence-electron chi connectivity index (χ3n) is 6.74. The lowest BCUT2D eigenvalue weighted by molar-refractivity contribution is 0.0938. The second-order valence-electron chi connectivity index (χ2n) is 8.74. The summed E-state index contributed by atoms with van der Waals surface area (Å²) in [5.41, 5.74) is 2.81. The zero-order valence-corrected chi connectivity index (χ0v) is 20.7. The second-order valence-corrected chi connectivity index (χ2v) is 11.0. The predicted octanol–water partition coefficient (Wildman–Crippen LogP) is 4.81. The summed E-state index contributed by atoms with van der Waals surface area (Å²) in [5.74, 6) is -0.249. The molecule has 4 heterocycles. The summed E-state index contributed by atoms with van der Waals surface area (Å²) in [6, 6.07) is 14.5. The first kappa shape index (κ1) is 22.4. The Morgan fingerprint density at radius 1 is 1.21 bits per heavy atom. The van der Waals surface area contributed by atoms with E-state index in [0.29, 0.717) is 24.6 Å². The van der Waals surface area contributed by atoms with E-state index in [0.717, 1.165) is 47.9 Å². The van der Waals surface area contributed by atoms with Gasteiger partial charge in [-0.1, -0.05) is 25.1 Å². The first-order chi connectivity index (χ1) is 16.1. The molecule has 2 aliphatic heterocycles. The molecule has 2 aromatic heterocycles. The number of thioether (sulfide) groups is 1. The Morgan fingerprint density at radius 2 is 2.06 bits per heavy atom. The SMILES string of the molecule is CCN1CCC[C@H]1CNC(=O)c1c2n(c(C)cc1=O)-c1ccccc1S[C@H](c1cccs1)C2. The lowest BCUT2D eigenvalue weighted by atomic mass is 10.0. The highest BCUT2D eigenvalue weighted by atomic mass is 32.2. The topological polar surface area (TPSA) is 54.3 Å². The van der Waals surface area contributed by atoms with Crippen molar-refractivity contribution in [2.45, 2.75) is 49.3 Å². The molecule has 3 aromatic rings. The molecule has 0 aliphatic carbocycles. The van der Waals surface area contributed by atoms with Crippen LogP contribution in [0.1, 0.15) is 51.6 Å². The summed E-state index contributed by atoms with van der Waals surface area (Å²) >= 11 is 3.54. The number of likely N-dealkylation sites (tertiary alicyclic amines) is 1. The number of thiophene rings is 1. The molecule has 33 heavy (non-hydrogen) atoms. The monoisotopic (exact) mass is 479 g/mol.